The highest BCUT2D eigenvalue weighted by Crippen LogP contribution is 2.44. The molecule has 1 aliphatic heterocycles. The Bertz CT molecular complexity index is 557. The number of amides is 3. The largest absolute Gasteiger partial charge is 0.324 e. The lowest BCUT2D eigenvalue weighted by Gasteiger charge is -2.19. The molecule has 0 radical (unpaired) electrons. The van der Waals surface area contributed by atoms with Gasteiger partial charge in [0.15, 0.2) is 0 Å². The third-order valence-electron chi connectivity index (χ3n) is 4.50. The van der Waals surface area contributed by atoms with E-state index in [-0.39, 0.29) is 24.0 Å². The van der Waals surface area contributed by atoms with Crippen molar-refractivity contribution in [3.8, 4) is 0 Å². The molecule has 1 aromatic carbocycles. The summed E-state index contributed by atoms with van der Waals surface area (Å²) >= 11 is 0. The minimum atomic E-state index is -0.256. The van der Waals surface area contributed by atoms with Crippen molar-refractivity contribution in [3.05, 3.63) is 35.9 Å². The van der Waals surface area contributed by atoms with E-state index in [0.29, 0.717) is 6.54 Å². The SMILES string of the molecule is O=C1CN(CCCCCNNC2(c3ccccc3)CC2)C(=O)N1. The fraction of sp³-hybridized carbons (Fsp3) is 0.529. The van der Waals surface area contributed by atoms with Gasteiger partial charge in [0.05, 0.1) is 5.54 Å². The van der Waals surface area contributed by atoms with E-state index in [9.17, 15) is 9.59 Å². The summed E-state index contributed by atoms with van der Waals surface area (Å²) in [6.07, 6.45) is 5.34. The lowest BCUT2D eigenvalue weighted by Crippen LogP contribution is -2.41. The van der Waals surface area contributed by atoms with Gasteiger partial charge in [-0.05, 0) is 31.2 Å². The number of benzene rings is 1. The van der Waals surface area contributed by atoms with Crippen molar-refractivity contribution in [1.82, 2.24) is 21.1 Å². The van der Waals surface area contributed by atoms with Crippen LogP contribution in [0, 0.1) is 0 Å². The Hall–Kier alpha value is -1.92. The highest BCUT2D eigenvalue weighted by atomic mass is 16.2. The molecule has 2 fully saturated rings. The zero-order valence-electron chi connectivity index (χ0n) is 13.3. The summed E-state index contributed by atoms with van der Waals surface area (Å²) in [7, 11) is 0. The number of rotatable bonds is 9. The van der Waals surface area contributed by atoms with Gasteiger partial charge >= 0.3 is 6.03 Å². The van der Waals surface area contributed by atoms with Gasteiger partial charge in [0.2, 0.25) is 5.91 Å². The first-order chi connectivity index (χ1) is 11.2. The van der Waals surface area contributed by atoms with Gasteiger partial charge in [-0.15, -0.1) is 0 Å². The standard InChI is InChI=1S/C17H24N4O2/c22-15-13-21(16(23)19-15)12-6-2-5-11-18-20-17(9-10-17)14-7-3-1-4-8-14/h1,3-4,7-8,18,20H,2,5-6,9-13H2,(H,19,22,23). The lowest BCUT2D eigenvalue weighted by atomic mass is 10.1. The summed E-state index contributed by atoms with van der Waals surface area (Å²) < 4.78 is 0. The predicted molar refractivity (Wildman–Crippen MR) is 87.5 cm³/mol. The second kappa shape index (κ2) is 7.10. The number of urea groups is 1. The molecule has 1 saturated heterocycles. The van der Waals surface area contributed by atoms with E-state index in [0.717, 1.165) is 25.8 Å². The monoisotopic (exact) mass is 316 g/mol. The van der Waals surface area contributed by atoms with Gasteiger partial charge in [-0.1, -0.05) is 36.8 Å². The summed E-state index contributed by atoms with van der Waals surface area (Å²) in [5.74, 6) is -0.198. The zero-order chi connectivity index (χ0) is 16.1. The minimum Gasteiger partial charge on any atom is -0.315 e. The Morgan fingerprint density at radius 2 is 1.87 bits per heavy atom. The highest BCUT2D eigenvalue weighted by Gasteiger charge is 2.43. The Balaban J connectivity index is 1.27. The molecule has 124 valence electrons. The summed E-state index contributed by atoms with van der Waals surface area (Å²) in [6.45, 7) is 1.76. The molecule has 1 aromatic rings. The molecule has 2 aliphatic rings. The van der Waals surface area contributed by atoms with Crippen molar-refractivity contribution in [2.24, 2.45) is 0 Å². The van der Waals surface area contributed by atoms with Crippen LogP contribution in [0.1, 0.15) is 37.7 Å². The molecule has 0 aromatic heterocycles. The van der Waals surface area contributed by atoms with Gasteiger partial charge in [-0.2, -0.15) is 0 Å². The van der Waals surface area contributed by atoms with Gasteiger partial charge in [0.25, 0.3) is 0 Å². The van der Waals surface area contributed by atoms with Crippen LogP contribution in [0.4, 0.5) is 4.79 Å². The number of nitrogens with one attached hydrogen (secondary N) is 3. The van der Waals surface area contributed by atoms with Gasteiger partial charge in [0, 0.05) is 13.1 Å². The van der Waals surface area contributed by atoms with Crippen molar-refractivity contribution in [1.29, 1.82) is 0 Å². The first-order valence-electron chi connectivity index (χ1n) is 8.34. The van der Waals surface area contributed by atoms with Crippen LogP contribution < -0.4 is 16.2 Å². The summed E-state index contributed by atoms with van der Waals surface area (Å²) in [5, 5.41) is 2.29. The minimum absolute atomic E-state index is 0.120. The second-order valence-corrected chi connectivity index (χ2v) is 6.34. The molecular weight excluding hydrogens is 292 g/mol. The van der Waals surface area contributed by atoms with Gasteiger partial charge < -0.3 is 4.90 Å². The molecule has 0 spiro atoms. The Kier molecular flexibility index (Phi) is 4.93. The van der Waals surface area contributed by atoms with Crippen molar-refractivity contribution in [2.45, 2.75) is 37.6 Å². The molecule has 3 rings (SSSR count). The Labute approximate surface area is 136 Å². The molecular formula is C17H24N4O2. The highest BCUT2D eigenvalue weighted by molar-refractivity contribution is 6.01. The molecule has 1 heterocycles. The molecule has 3 amide bonds. The third-order valence-corrected chi connectivity index (χ3v) is 4.50. The van der Waals surface area contributed by atoms with Crippen LogP contribution in [0.25, 0.3) is 0 Å². The van der Waals surface area contributed by atoms with E-state index in [1.165, 1.54) is 18.4 Å². The summed E-state index contributed by atoms with van der Waals surface area (Å²) in [5.41, 5.74) is 8.26. The number of unbranched alkanes of at least 4 members (excludes halogenated alkanes) is 2. The maximum absolute atomic E-state index is 11.4. The summed E-state index contributed by atoms with van der Waals surface area (Å²) in [4.78, 5) is 24.0. The van der Waals surface area contributed by atoms with Gasteiger partial charge in [-0.25, -0.2) is 10.2 Å². The van der Waals surface area contributed by atoms with E-state index in [1.807, 2.05) is 6.07 Å². The number of nitrogens with zero attached hydrogens (tertiary/aromatic N) is 1. The molecule has 6 heteroatoms. The van der Waals surface area contributed by atoms with Crippen LogP contribution in [0.15, 0.2) is 30.3 Å². The zero-order valence-corrected chi connectivity index (χ0v) is 13.3. The van der Waals surface area contributed by atoms with Crippen LogP contribution in [-0.2, 0) is 10.3 Å². The normalized spacial score (nSPS) is 19.0. The fourth-order valence-electron chi connectivity index (χ4n) is 2.96. The fourth-order valence-corrected chi connectivity index (χ4v) is 2.96. The molecule has 0 unspecified atom stereocenters. The van der Waals surface area contributed by atoms with Crippen molar-refractivity contribution >= 4 is 11.9 Å². The topological polar surface area (TPSA) is 73.5 Å². The molecule has 23 heavy (non-hydrogen) atoms. The molecule has 3 N–H and O–H groups in total. The van der Waals surface area contributed by atoms with Crippen molar-refractivity contribution in [2.75, 3.05) is 19.6 Å². The van der Waals surface area contributed by atoms with Crippen molar-refractivity contribution in [3.63, 3.8) is 0 Å². The Morgan fingerprint density at radius 3 is 2.52 bits per heavy atom. The average Bonchev–Trinajstić information content (AvgIpc) is 3.27. The number of carbonyl (C=O) groups excluding carboxylic acids is 2. The van der Waals surface area contributed by atoms with E-state index in [1.54, 1.807) is 4.90 Å². The van der Waals surface area contributed by atoms with Crippen LogP contribution in [-0.4, -0.2) is 36.5 Å². The molecule has 6 nitrogen and oxygen atoms in total. The summed E-state index contributed by atoms with van der Waals surface area (Å²) in [6, 6.07) is 10.3. The number of hydrogen-bond donors (Lipinski definition) is 3. The smallest absolute Gasteiger partial charge is 0.315 e. The quantitative estimate of drug-likeness (QED) is 0.367. The lowest BCUT2D eigenvalue weighted by molar-refractivity contribution is -0.118. The van der Waals surface area contributed by atoms with Crippen LogP contribution >= 0.6 is 0 Å². The number of hydrazine groups is 1. The van der Waals surface area contributed by atoms with Crippen LogP contribution in [0.5, 0.6) is 0 Å². The molecule has 0 atom stereocenters. The first-order valence-corrected chi connectivity index (χ1v) is 8.34. The number of hydrogen-bond acceptors (Lipinski definition) is 4. The third kappa shape index (κ3) is 4.09. The number of carbonyl (C=O) groups is 2. The van der Waals surface area contributed by atoms with Crippen LogP contribution in [0.3, 0.4) is 0 Å². The maximum atomic E-state index is 11.4. The van der Waals surface area contributed by atoms with Crippen molar-refractivity contribution < 1.29 is 9.59 Å². The van der Waals surface area contributed by atoms with E-state index in [2.05, 4.69) is 40.4 Å². The second-order valence-electron chi connectivity index (χ2n) is 6.34. The van der Waals surface area contributed by atoms with E-state index in [4.69, 9.17) is 0 Å². The average molecular weight is 316 g/mol. The van der Waals surface area contributed by atoms with E-state index < -0.39 is 0 Å². The molecule has 1 aliphatic carbocycles. The van der Waals surface area contributed by atoms with Gasteiger partial charge in [0.1, 0.15) is 6.54 Å². The van der Waals surface area contributed by atoms with Gasteiger partial charge in [-0.3, -0.25) is 15.5 Å². The molecule has 1 saturated carbocycles. The van der Waals surface area contributed by atoms with Crippen LogP contribution in [0.2, 0.25) is 0 Å². The number of imide groups is 1. The predicted octanol–water partition coefficient (Wildman–Crippen LogP) is 1.49. The molecule has 0 bridgehead atoms. The van der Waals surface area contributed by atoms with E-state index >= 15 is 0 Å². The maximum Gasteiger partial charge on any atom is 0.324 e. The first kappa shape index (κ1) is 16.0. The Morgan fingerprint density at radius 1 is 1.09 bits per heavy atom.